The number of ether oxygens (including phenoxy) is 1. The molecule has 1 aromatic rings. The maximum atomic E-state index is 6.42. The molecule has 0 amide bonds. The van der Waals surface area contributed by atoms with Crippen LogP contribution in [0.1, 0.15) is 63.1 Å². The van der Waals surface area contributed by atoms with Gasteiger partial charge in [0.1, 0.15) is 5.15 Å². The van der Waals surface area contributed by atoms with Crippen LogP contribution < -0.4 is 5.32 Å². The highest BCUT2D eigenvalue weighted by atomic mass is 35.5. The fourth-order valence-corrected chi connectivity index (χ4v) is 4.76. The second-order valence-corrected chi connectivity index (χ2v) is 9.21. The van der Waals surface area contributed by atoms with E-state index in [1.54, 1.807) is 0 Å². The average Bonchev–Trinajstić information content (AvgIpc) is 3.07. The Balaban J connectivity index is 1.64. The fourth-order valence-electron chi connectivity index (χ4n) is 4.56. The molecular formula is C19H33ClN4O. The van der Waals surface area contributed by atoms with Crippen LogP contribution in [0.2, 0.25) is 5.15 Å². The summed E-state index contributed by atoms with van der Waals surface area (Å²) in [5.74, 6) is 0.495. The van der Waals surface area contributed by atoms with E-state index in [1.807, 2.05) is 7.05 Å². The summed E-state index contributed by atoms with van der Waals surface area (Å²) in [4.78, 5) is 2.30. The normalized spacial score (nSPS) is 29.0. The zero-order chi connectivity index (χ0) is 18.1. The molecule has 0 bridgehead atoms. The van der Waals surface area contributed by atoms with E-state index in [1.165, 1.54) is 17.7 Å². The third-order valence-corrected chi connectivity index (χ3v) is 6.19. The molecule has 3 rings (SSSR count). The molecule has 2 aliphatic rings. The summed E-state index contributed by atoms with van der Waals surface area (Å²) in [6.45, 7) is 8.35. The lowest BCUT2D eigenvalue weighted by molar-refractivity contribution is -0.0296. The molecule has 1 aromatic heterocycles. The molecule has 25 heavy (non-hydrogen) atoms. The van der Waals surface area contributed by atoms with Crippen molar-refractivity contribution in [2.75, 3.05) is 33.8 Å². The lowest BCUT2D eigenvalue weighted by atomic mass is 9.72. The van der Waals surface area contributed by atoms with Gasteiger partial charge in [-0.2, -0.15) is 5.10 Å². The van der Waals surface area contributed by atoms with Gasteiger partial charge < -0.3 is 15.0 Å². The maximum absolute atomic E-state index is 6.42. The van der Waals surface area contributed by atoms with Crippen molar-refractivity contribution in [3.05, 3.63) is 16.4 Å². The van der Waals surface area contributed by atoms with Gasteiger partial charge in [-0.1, -0.05) is 25.4 Å². The lowest BCUT2D eigenvalue weighted by Gasteiger charge is -2.37. The molecule has 1 spiro atoms. The second kappa shape index (κ2) is 7.55. The summed E-state index contributed by atoms with van der Waals surface area (Å²) < 4.78 is 6.26. The summed E-state index contributed by atoms with van der Waals surface area (Å²) >= 11 is 6.42. The molecule has 1 saturated heterocycles. The molecular weight excluding hydrogens is 336 g/mol. The largest absolute Gasteiger partial charge is 0.374 e. The van der Waals surface area contributed by atoms with Gasteiger partial charge >= 0.3 is 0 Å². The Morgan fingerprint density at radius 3 is 2.68 bits per heavy atom. The SMILES string of the molecule is CNCCN(C)Cc1c(Cl)[nH]nc1[C@H]1CC[C@@]2(CC1)CC(C)(C)CO2. The number of halogens is 1. The number of aromatic nitrogens is 2. The van der Waals surface area contributed by atoms with Crippen LogP contribution in [-0.2, 0) is 11.3 Å². The molecule has 5 nitrogen and oxygen atoms in total. The Hall–Kier alpha value is -0.620. The molecule has 0 aromatic carbocycles. The molecule has 1 aliphatic heterocycles. The van der Waals surface area contributed by atoms with Crippen LogP contribution in [0.5, 0.6) is 0 Å². The van der Waals surface area contributed by atoms with Crippen molar-refractivity contribution >= 4 is 11.6 Å². The van der Waals surface area contributed by atoms with Crippen molar-refractivity contribution in [2.45, 2.75) is 64.0 Å². The molecule has 0 radical (unpaired) electrons. The Labute approximate surface area is 156 Å². The first-order chi connectivity index (χ1) is 11.8. The average molecular weight is 369 g/mol. The first-order valence-corrected chi connectivity index (χ1v) is 9.92. The van der Waals surface area contributed by atoms with E-state index in [9.17, 15) is 0 Å². The number of likely N-dealkylation sites (N-methyl/N-ethyl adjacent to an activating group) is 2. The predicted octanol–water partition coefficient (Wildman–Crippen LogP) is 3.56. The monoisotopic (exact) mass is 368 g/mol. The van der Waals surface area contributed by atoms with Gasteiger partial charge in [0.05, 0.1) is 17.9 Å². The fraction of sp³-hybridized carbons (Fsp3) is 0.842. The number of hydrogen-bond acceptors (Lipinski definition) is 4. The summed E-state index contributed by atoms with van der Waals surface area (Å²) in [5, 5.41) is 11.5. The number of aromatic amines is 1. The van der Waals surface area contributed by atoms with Crippen LogP contribution in [0.25, 0.3) is 0 Å². The summed E-state index contributed by atoms with van der Waals surface area (Å²) in [7, 11) is 4.11. The van der Waals surface area contributed by atoms with E-state index in [4.69, 9.17) is 16.3 Å². The maximum Gasteiger partial charge on any atom is 0.128 e. The van der Waals surface area contributed by atoms with Crippen molar-refractivity contribution in [1.29, 1.82) is 0 Å². The third kappa shape index (κ3) is 4.38. The van der Waals surface area contributed by atoms with Crippen molar-refractivity contribution < 1.29 is 4.74 Å². The highest BCUT2D eigenvalue weighted by Crippen LogP contribution is 2.50. The Morgan fingerprint density at radius 1 is 1.36 bits per heavy atom. The van der Waals surface area contributed by atoms with E-state index in [0.29, 0.717) is 16.5 Å². The van der Waals surface area contributed by atoms with E-state index in [0.717, 1.165) is 51.9 Å². The smallest absolute Gasteiger partial charge is 0.128 e. The summed E-state index contributed by atoms with van der Waals surface area (Å²) in [6.07, 6.45) is 5.75. The van der Waals surface area contributed by atoms with Gasteiger partial charge in [0.25, 0.3) is 0 Å². The first-order valence-electron chi connectivity index (χ1n) is 9.54. The van der Waals surface area contributed by atoms with Crippen LogP contribution in [0.3, 0.4) is 0 Å². The Morgan fingerprint density at radius 2 is 2.08 bits per heavy atom. The molecule has 0 unspecified atom stereocenters. The Kier molecular flexibility index (Phi) is 5.78. The third-order valence-electron chi connectivity index (χ3n) is 5.87. The zero-order valence-corrected chi connectivity index (χ0v) is 16.9. The quantitative estimate of drug-likeness (QED) is 0.806. The summed E-state index contributed by atoms with van der Waals surface area (Å²) in [6, 6.07) is 0. The number of rotatable bonds is 6. The summed E-state index contributed by atoms with van der Waals surface area (Å²) in [5.41, 5.74) is 2.79. The van der Waals surface area contributed by atoms with Crippen LogP contribution in [0.15, 0.2) is 0 Å². The molecule has 1 aliphatic carbocycles. The molecule has 0 atom stereocenters. The van der Waals surface area contributed by atoms with Crippen molar-refractivity contribution in [3.8, 4) is 0 Å². The highest BCUT2D eigenvalue weighted by molar-refractivity contribution is 6.30. The molecule has 6 heteroatoms. The molecule has 2 N–H and O–H groups in total. The van der Waals surface area contributed by atoms with Gasteiger partial charge in [0.15, 0.2) is 0 Å². The van der Waals surface area contributed by atoms with Crippen molar-refractivity contribution in [2.24, 2.45) is 5.41 Å². The van der Waals surface area contributed by atoms with Gasteiger partial charge in [0.2, 0.25) is 0 Å². The topological polar surface area (TPSA) is 53.2 Å². The van der Waals surface area contributed by atoms with Gasteiger partial charge in [-0.25, -0.2) is 0 Å². The highest BCUT2D eigenvalue weighted by Gasteiger charge is 2.46. The van der Waals surface area contributed by atoms with E-state index in [-0.39, 0.29) is 5.60 Å². The van der Waals surface area contributed by atoms with Crippen LogP contribution in [0.4, 0.5) is 0 Å². The van der Waals surface area contributed by atoms with Gasteiger partial charge in [0, 0.05) is 31.1 Å². The zero-order valence-electron chi connectivity index (χ0n) is 16.1. The first kappa shape index (κ1) is 19.2. The predicted molar refractivity (Wildman–Crippen MR) is 102 cm³/mol. The molecule has 1 saturated carbocycles. The molecule has 142 valence electrons. The van der Waals surface area contributed by atoms with Gasteiger partial charge in [-0.15, -0.1) is 0 Å². The molecule has 2 fully saturated rings. The van der Waals surface area contributed by atoms with E-state index in [2.05, 4.69) is 41.3 Å². The van der Waals surface area contributed by atoms with Crippen LogP contribution in [0, 0.1) is 5.41 Å². The van der Waals surface area contributed by atoms with E-state index >= 15 is 0 Å². The van der Waals surface area contributed by atoms with Crippen molar-refractivity contribution in [3.63, 3.8) is 0 Å². The number of hydrogen-bond donors (Lipinski definition) is 2. The van der Waals surface area contributed by atoms with Crippen LogP contribution in [-0.4, -0.2) is 54.5 Å². The lowest BCUT2D eigenvalue weighted by Crippen LogP contribution is -2.34. The minimum absolute atomic E-state index is 0.115. The van der Waals surface area contributed by atoms with Crippen LogP contribution >= 0.6 is 11.6 Å². The number of H-pyrrole nitrogens is 1. The van der Waals surface area contributed by atoms with Crippen molar-refractivity contribution in [1.82, 2.24) is 20.4 Å². The standard InChI is InChI=1S/C19H33ClN4O/c1-18(2)12-19(25-13-18)7-5-14(6-8-19)16-15(17(20)23-22-16)11-24(4)10-9-21-3/h14,21H,5-13H2,1-4H3,(H,22,23)/t14-,19+. The number of nitrogens with one attached hydrogen (secondary N) is 2. The van der Waals surface area contributed by atoms with E-state index < -0.39 is 0 Å². The minimum Gasteiger partial charge on any atom is -0.374 e. The minimum atomic E-state index is 0.115. The second-order valence-electron chi connectivity index (χ2n) is 8.83. The molecule has 2 heterocycles. The van der Waals surface area contributed by atoms with Gasteiger partial charge in [-0.3, -0.25) is 5.10 Å². The number of nitrogens with zero attached hydrogens (tertiary/aromatic N) is 2. The van der Waals surface area contributed by atoms with Gasteiger partial charge in [-0.05, 0) is 51.6 Å². The Bertz CT molecular complexity index is 578.